The van der Waals surface area contributed by atoms with Gasteiger partial charge in [-0.05, 0) is 13.3 Å². The summed E-state index contributed by atoms with van der Waals surface area (Å²) in [6.45, 7) is 6.60. The molecule has 1 saturated heterocycles. The van der Waals surface area contributed by atoms with Crippen LogP contribution >= 0.6 is 0 Å². The van der Waals surface area contributed by atoms with E-state index in [-0.39, 0.29) is 0 Å². The zero-order chi connectivity index (χ0) is 10.4. The lowest BCUT2D eigenvalue weighted by molar-refractivity contribution is -0.0852. The molecule has 0 aromatic rings. The molecule has 0 aromatic heterocycles. The molecule has 1 N–H and O–H groups in total. The van der Waals surface area contributed by atoms with E-state index in [9.17, 15) is 5.11 Å². The molecular formula is C10H21NO3. The quantitative estimate of drug-likeness (QED) is 0.596. The molecule has 14 heavy (non-hydrogen) atoms. The Morgan fingerprint density at radius 2 is 2.00 bits per heavy atom. The zero-order valence-corrected chi connectivity index (χ0v) is 9.16. The van der Waals surface area contributed by atoms with Gasteiger partial charge in [0.1, 0.15) is 0 Å². The summed E-state index contributed by atoms with van der Waals surface area (Å²) in [5.74, 6) is 0. The highest BCUT2D eigenvalue weighted by molar-refractivity contribution is 4.90. The van der Waals surface area contributed by atoms with Crippen LogP contribution in [0.5, 0.6) is 0 Å². The van der Waals surface area contributed by atoms with Gasteiger partial charge in [0.25, 0.3) is 0 Å². The number of methoxy groups -OCH3 is 1. The van der Waals surface area contributed by atoms with Gasteiger partial charge >= 0.3 is 0 Å². The number of ether oxygens (including phenoxy) is 2. The molecule has 0 spiro atoms. The molecule has 1 rings (SSSR count). The van der Waals surface area contributed by atoms with E-state index >= 15 is 0 Å². The SMILES string of the molecule is COCCOCCCN1CC(C)(O)C1. The monoisotopic (exact) mass is 203 g/mol. The Labute approximate surface area is 85.8 Å². The van der Waals surface area contributed by atoms with E-state index in [0.29, 0.717) is 13.2 Å². The predicted octanol–water partition coefficient (Wildman–Crippen LogP) is 0.106. The minimum Gasteiger partial charge on any atom is -0.388 e. The topological polar surface area (TPSA) is 41.9 Å². The lowest BCUT2D eigenvalue weighted by Crippen LogP contribution is -2.59. The van der Waals surface area contributed by atoms with Crippen LogP contribution in [0.15, 0.2) is 0 Å². The summed E-state index contributed by atoms with van der Waals surface area (Å²) in [6.07, 6.45) is 1.03. The Bertz CT molecular complexity index is 153. The Hall–Kier alpha value is -0.160. The lowest BCUT2D eigenvalue weighted by Gasteiger charge is -2.44. The van der Waals surface area contributed by atoms with Crippen molar-refractivity contribution in [3.63, 3.8) is 0 Å². The number of rotatable bonds is 7. The molecule has 1 heterocycles. The van der Waals surface area contributed by atoms with Crippen LogP contribution < -0.4 is 0 Å². The number of hydrogen-bond acceptors (Lipinski definition) is 4. The van der Waals surface area contributed by atoms with Gasteiger partial charge in [0.05, 0.1) is 18.8 Å². The molecular weight excluding hydrogens is 182 g/mol. The molecule has 0 aliphatic carbocycles. The molecule has 0 saturated carbocycles. The maximum absolute atomic E-state index is 9.47. The van der Waals surface area contributed by atoms with Crippen molar-refractivity contribution < 1.29 is 14.6 Å². The predicted molar refractivity (Wildman–Crippen MR) is 54.4 cm³/mol. The molecule has 1 aliphatic heterocycles. The fraction of sp³-hybridized carbons (Fsp3) is 1.00. The summed E-state index contributed by atoms with van der Waals surface area (Å²) < 4.78 is 10.2. The molecule has 0 atom stereocenters. The smallest absolute Gasteiger partial charge is 0.0872 e. The van der Waals surface area contributed by atoms with E-state index in [1.807, 2.05) is 6.92 Å². The fourth-order valence-corrected chi connectivity index (χ4v) is 1.71. The molecule has 0 aromatic carbocycles. The average Bonchev–Trinajstić information content (AvgIpc) is 2.07. The van der Waals surface area contributed by atoms with E-state index in [2.05, 4.69) is 4.90 Å². The number of aliphatic hydroxyl groups is 1. The van der Waals surface area contributed by atoms with Crippen molar-refractivity contribution in [3.8, 4) is 0 Å². The standard InChI is InChI=1S/C10H21NO3/c1-10(12)8-11(9-10)4-3-5-14-7-6-13-2/h12H,3-9H2,1-2H3. The maximum Gasteiger partial charge on any atom is 0.0872 e. The van der Waals surface area contributed by atoms with Crippen LogP contribution in [-0.2, 0) is 9.47 Å². The summed E-state index contributed by atoms with van der Waals surface area (Å²) in [5, 5.41) is 9.47. The van der Waals surface area contributed by atoms with E-state index in [4.69, 9.17) is 9.47 Å². The molecule has 1 fully saturated rings. The largest absolute Gasteiger partial charge is 0.388 e. The van der Waals surface area contributed by atoms with Crippen molar-refractivity contribution in [2.45, 2.75) is 18.9 Å². The summed E-state index contributed by atoms with van der Waals surface area (Å²) in [6, 6.07) is 0. The van der Waals surface area contributed by atoms with Crippen molar-refractivity contribution in [2.24, 2.45) is 0 Å². The molecule has 0 unspecified atom stereocenters. The highest BCUT2D eigenvalue weighted by Gasteiger charge is 2.35. The van der Waals surface area contributed by atoms with Crippen molar-refractivity contribution in [2.75, 3.05) is 46.6 Å². The number of hydrogen-bond donors (Lipinski definition) is 1. The Morgan fingerprint density at radius 1 is 1.29 bits per heavy atom. The minimum absolute atomic E-state index is 0.448. The molecule has 0 radical (unpaired) electrons. The first kappa shape index (κ1) is 11.9. The van der Waals surface area contributed by atoms with Gasteiger partial charge < -0.3 is 14.6 Å². The minimum atomic E-state index is -0.448. The van der Waals surface area contributed by atoms with Gasteiger partial charge in [0.15, 0.2) is 0 Å². The molecule has 84 valence electrons. The Morgan fingerprint density at radius 3 is 2.57 bits per heavy atom. The van der Waals surface area contributed by atoms with Crippen molar-refractivity contribution in [1.29, 1.82) is 0 Å². The third kappa shape index (κ3) is 4.37. The van der Waals surface area contributed by atoms with E-state index in [0.717, 1.165) is 32.7 Å². The van der Waals surface area contributed by atoms with Crippen molar-refractivity contribution in [1.82, 2.24) is 4.90 Å². The normalized spacial score (nSPS) is 20.8. The first-order chi connectivity index (χ1) is 6.64. The fourth-order valence-electron chi connectivity index (χ4n) is 1.71. The first-order valence-electron chi connectivity index (χ1n) is 5.15. The number of likely N-dealkylation sites (tertiary alicyclic amines) is 1. The van der Waals surface area contributed by atoms with Crippen LogP contribution in [0, 0.1) is 0 Å². The highest BCUT2D eigenvalue weighted by Crippen LogP contribution is 2.19. The molecule has 4 heteroatoms. The van der Waals surface area contributed by atoms with Crippen molar-refractivity contribution in [3.05, 3.63) is 0 Å². The zero-order valence-electron chi connectivity index (χ0n) is 9.16. The van der Waals surface area contributed by atoms with Crippen LogP contribution in [0.1, 0.15) is 13.3 Å². The second-order valence-corrected chi connectivity index (χ2v) is 4.17. The lowest BCUT2D eigenvalue weighted by atomic mass is 9.97. The van der Waals surface area contributed by atoms with Crippen LogP contribution in [-0.4, -0.2) is 62.2 Å². The second kappa shape index (κ2) is 5.66. The van der Waals surface area contributed by atoms with Gasteiger partial charge in [-0.1, -0.05) is 0 Å². The first-order valence-corrected chi connectivity index (χ1v) is 5.15. The van der Waals surface area contributed by atoms with Gasteiger partial charge in [-0.2, -0.15) is 0 Å². The van der Waals surface area contributed by atoms with Gasteiger partial charge in [0, 0.05) is 33.4 Å². The number of nitrogens with zero attached hydrogens (tertiary/aromatic N) is 1. The molecule has 0 bridgehead atoms. The van der Waals surface area contributed by atoms with Gasteiger partial charge in [-0.3, -0.25) is 4.90 Å². The summed E-state index contributed by atoms with van der Waals surface area (Å²) in [4.78, 5) is 2.24. The van der Waals surface area contributed by atoms with Crippen LogP contribution in [0.4, 0.5) is 0 Å². The highest BCUT2D eigenvalue weighted by atomic mass is 16.5. The Kier molecular flexibility index (Phi) is 4.81. The second-order valence-electron chi connectivity index (χ2n) is 4.17. The molecule has 1 aliphatic rings. The van der Waals surface area contributed by atoms with Crippen LogP contribution in [0.3, 0.4) is 0 Å². The van der Waals surface area contributed by atoms with E-state index in [1.165, 1.54) is 0 Å². The summed E-state index contributed by atoms with van der Waals surface area (Å²) in [7, 11) is 1.67. The van der Waals surface area contributed by atoms with Crippen molar-refractivity contribution >= 4 is 0 Å². The van der Waals surface area contributed by atoms with Gasteiger partial charge in [-0.15, -0.1) is 0 Å². The Balaban J connectivity index is 1.82. The number of β-amino-alcohol motifs (C(OH)–C–C–N with tert-alkyl or cyclic N) is 1. The van der Waals surface area contributed by atoms with E-state index in [1.54, 1.807) is 7.11 Å². The third-order valence-corrected chi connectivity index (χ3v) is 2.32. The van der Waals surface area contributed by atoms with Gasteiger partial charge in [-0.25, -0.2) is 0 Å². The average molecular weight is 203 g/mol. The summed E-state index contributed by atoms with van der Waals surface area (Å²) >= 11 is 0. The molecule has 4 nitrogen and oxygen atoms in total. The third-order valence-electron chi connectivity index (χ3n) is 2.32. The van der Waals surface area contributed by atoms with Crippen LogP contribution in [0.2, 0.25) is 0 Å². The summed E-state index contributed by atoms with van der Waals surface area (Å²) in [5.41, 5.74) is -0.448. The maximum atomic E-state index is 9.47. The van der Waals surface area contributed by atoms with Crippen LogP contribution in [0.25, 0.3) is 0 Å². The van der Waals surface area contributed by atoms with Gasteiger partial charge in [0.2, 0.25) is 0 Å². The molecule has 0 amide bonds. The van der Waals surface area contributed by atoms with E-state index < -0.39 is 5.60 Å².